The minimum Gasteiger partial charge on any atom is -0.350 e. The van der Waals surface area contributed by atoms with E-state index in [9.17, 15) is 9.59 Å². The molecule has 0 aliphatic heterocycles. The Morgan fingerprint density at radius 1 is 1.00 bits per heavy atom. The van der Waals surface area contributed by atoms with Crippen molar-refractivity contribution in [2.24, 2.45) is 0 Å². The molecule has 95 valence electrons. The average molecular weight is 253 g/mol. The second-order valence-corrected chi connectivity index (χ2v) is 4.10. The van der Waals surface area contributed by atoms with Crippen LogP contribution in [0.2, 0.25) is 0 Å². The summed E-state index contributed by atoms with van der Waals surface area (Å²) in [6.07, 6.45) is 2.20. The van der Waals surface area contributed by atoms with Crippen molar-refractivity contribution in [2.45, 2.75) is 12.2 Å². The van der Waals surface area contributed by atoms with E-state index in [0.29, 0.717) is 11.8 Å². The van der Waals surface area contributed by atoms with Gasteiger partial charge in [0.15, 0.2) is 6.29 Å². The third-order valence-corrected chi connectivity index (χ3v) is 2.83. The van der Waals surface area contributed by atoms with Gasteiger partial charge < -0.3 is 4.74 Å². The summed E-state index contributed by atoms with van der Waals surface area (Å²) in [5, 5.41) is 0. The van der Waals surface area contributed by atoms with Crippen LogP contribution in [0, 0.1) is 0 Å². The van der Waals surface area contributed by atoms with Crippen LogP contribution in [-0.4, -0.2) is 12.6 Å². The molecule has 0 N–H and O–H groups in total. The van der Waals surface area contributed by atoms with Gasteiger partial charge in [0, 0.05) is 0 Å². The highest BCUT2D eigenvalue weighted by Crippen LogP contribution is 2.22. The minimum absolute atomic E-state index is 0.170. The van der Waals surface area contributed by atoms with Crippen molar-refractivity contribution in [1.82, 2.24) is 0 Å². The normalized spacial score (nSPS) is 10.9. The Kier molecular flexibility index (Phi) is 4.21. The van der Waals surface area contributed by atoms with Crippen molar-refractivity contribution in [1.29, 1.82) is 0 Å². The predicted molar refractivity (Wildman–Crippen MR) is 71.1 cm³/mol. The van der Waals surface area contributed by atoms with Crippen molar-refractivity contribution in [2.75, 3.05) is 0 Å². The van der Waals surface area contributed by atoms with Crippen molar-refractivity contribution >= 4 is 12.6 Å². The number of ether oxygens (including phenoxy) is 1. The molecule has 0 spiro atoms. The fourth-order valence-corrected chi connectivity index (χ4v) is 1.75. The second kappa shape index (κ2) is 6.07. The van der Waals surface area contributed by atoms with Crippen LogP contribution in [0.1, 0.15) is 11.1 Å². The van der Waals surface area contributed by atoms with E-state index < -0.39 is 5.60 Å². The van der Waals surface area contributed by atoms with E-state index >= 15 is 0 Å². The lowest BCUT2D eigenvalue weighted by molar-refractivity contribution is -0.125. The van der Waals surface area contributed by atoms with E-state index in [1.807, 2.05) is 30.3 Å². The molecule has 1 unspecified atom stereocenters. The molecule has 1 atom stereocenters. The van der Waals surface area contributed by atoms with Gasteiger partial charge in [-0.25, -0.2) is 0 Å². The molecule has 0 saturated carbocycles. The first-order valence-electron chi connectivity index (χ1n) is 5.90. The largest absolute Gasteiger partial charge is 0.350 e. The zero-order chi connectivity index (χ0) is 13.6. The number of benzene rings is 2. The molecule has 0 heterocycles. The molecular weight excluding hydrogens is 240 g/mol. The lowest BCUT2D eigenvalue weighted by Crippen LogP contribution is -2.33. The number of rotatable bonds is 6. The maximum absolute atomic E-state index is 11.3. The predicted octanol–water partition coefficient (Wildman–Crippen LogP) is 2.41. The molecule has 3 heteroatoms. The van der Waals surface area contributed by atoms with Gasteiger partial charge in [-0.05, 0) is 11.1 Å². The zero-order valence-corrected chi connectivity index (χ0v) is 10.3. The van der Waals surface area contributed by atoms with Gasteiger partial charge in [-0.15, -0.1) is 0 Å². The van der Waals surface area contributed by atoms with Gasteiger partial charge in [0.05, 0.1) is 6.61 Å². The van der Waals surface area contributed by atoms with Gasteiger partial charge in [-0.1, -0.05) is 60.7 Å². The molecule has 3 nitrogen and oxygen atoms in total. The van der Waals surface area contributed by atoms with Crippen LogP contribution in [-0.2, 0) is 26.5 Å². The van der Waals surface area contributed by atoms with Gasteiger partial charge in [0.25, 0.3) is 0 Å². The Morgan fingerprint density at radius 3 is 2.11 bits per heavy atom. The van der Waals surface area contributed by atoms with Gasteiger partial charge in [-0.2, -0.15) is 0 Å². The van der Waals surface area contributed by atoms with E-state index in [1.165, 1.54) is 0 Å². The van der Waals surface area contributed by atoms with Crippen LogP contribution < -0.4 is 0 Å². The van der Waals surface area contributed by atoms with Crippen molar-refractivity contribution in [3.05, 3.63) is 71.8 Å². The highest BCUT2D eigenvalue weighted by molar-refractivity contribution is 5.89. The molecule has 19 heavy (non-hydrogen) atoms. The molecule has 2 rings (SSSR count). The van der Waals surface area contributed by atoms with Crippen LogP contribution in [0.25, 0.3) is 0 Å². The molecular formula is C16H13O3. The number of hydrogen-bond acceptors (Lipinski definition) is 3. The number of hydrogen-bond donors (Lipinski definition) is 0. The number of carbonyl (C=O) groups excluding carboxylic acids is 2. The van der Waals surface area contributed by atoms with Gasteiger partial charge >= 0.3 is 0 Å². The van der Waals surface area contributed by atoms with Crippen LogP contribution in [0.3, 0.4) is 0 Å². The minimum atomic E-state index is -1.66. The quantitative estimate of drug-likeness (QED) is 0.586. The van der Waals surface area contributed by atoms with E-state index in [1.54, 1.807) is 36.6 Å². The first-order valence-corrected chi connectivity index (χ1v) is 5.90. The topological polar surface area (TPSA) is 43.4 Å². The Bertz CT molecular complexity index is 526. The highest BCUT2D eigenvalue weighted by atomic mass is 16.5. The molecule has 2 aromatic rings. The lowest BCUT2D eigenvalue weighted by Gasteiger charge is -2.21. The monoisotopic (exact) mass is 253 g/mol. The molecule has 0 aromatic heterocycles. The summed E-state index contributed by atoms with van der Waals surface area (Å²) in [6, 6.07) is 18.0. The molecule has 0 amide bonds. The van der Waals surface area contributed by atoms with Crippen molar-refractivity contribution in [3.63, 3.8) is 0 Å². The SMILES string of the molecule is O=[C]C(C=O)(OCc1ccccc1)c1ccccc1. The zero-order valence-electron chi connectivity index (χ0n) is 10.3. The third-order valence-electron chi connectivity index (χ3n) is 2.83. The highest BCUT2D eigenvalue weighted by Gasteiger charge is 2.34. The number of aldehydes is 1. The maximum Gasteiger partial charge on any atom is 0.246 e. The summed E-state index contributed by atoms with van der Waals surface area (Å²) in [4.78, 5) is 22.5. The fraction of sp³-hybridized carbons (Fsp3) is 0.125. The van der Waals surface area contributed by atoms with E-state index in [4.69, 9.17) is 4.74 Å². The number of carbonyl (C=O) groups is 1. The van der Waals surface area contributed by atoms with Crippen molar-refractivity contribution < 1.29 is 14.3 Å². The Hall–Kier alpha value is -2.26. The molecule has 0 aliphatic carbocycles. The van der Waals surface area contributed by atoms with Crippen LogP contribution >= 0.6 is 0 Å². The lowest BCUT2D eigenvalue weighted by atomic mass is 9.97. The average Bonchev–Trinajstić information content (AvgIpc) is 2.51. The molecule has 0 fully saturated rings. The smallest absolute Gasteiger partial charge is 0.246 e. The fourth-order valence-electron chi connectivity index (χ4n) is 1.75. The third kappa shape index (κ3) is 2.95. The first kappa shape index (κ1) is 13.2. The van der Waals surface area contributed by atoms with Crippen LogP contribution in [0.5, 0.6) is 0 Å². The molecule has 1 radical (unpaired) electrons. The summed E-state index contributed by atoms with van der Waals surface area (Å²) in [7, 11) is 0. The van der Waals surface area contributed by atoms with Gasteiger partial charge in [-0.3, -0.25) is 9.59 Å². The standard InChI is InChI=1S/C16H13O3/c17-12-16(13-18,15-9-5-2-6-10-15)19-11-14-7-3-1-4-8-14/h1-10,12H,11H2. The van der Waals surface area contributed by atoms with Crippen LogP contribution in [0.15, 0.2) is 60.7 Å². The molecule has 0 bridgehead atoms. The van der Waals surface area contributed by atoms with Gasteiger partial charge in [0.1, 0.15) is 0 Å². The van der Waals surface area contributed by atoms with E-state index in [2.05, 4.69) is 0 Å². The molecule has 2 aromatic carbocycles. The van der Waals surface area contributed by atoms with E-state index in [0.717, 1.165) is 5.56 Å². The Balaban J connectivity index is 2.21. The molecule has 0 saturated heterocycles. The summed E-state index contributed by atoms with van der Waals surface area (Å²) in [5.74, 6) is 0. The summed E-state index contributed by atoms with van der Waals surface area (Å²) >= 11 is 0. The van der Waals surface area contributed by atoms with Crippen molar-refractivity contribution in [3.8, 4) is 0 Å². The second-order valence-electron chi connectivity index (χ2n) is 4.10. The van der Waals surface area contributed by atoms with E-state index in [-0.39, 0.29) is 6.61 Å². The maximum atomic E-state index is 11.3. The summed E-state index contributed by atoms with van der Waals surface area (Å²) in [6.45, 7) is 0.170. The molecule has 0 aliphatic rings. The van der Waals surface area contributed by atoms with Crippen LogP contribution in [0.4, 0.5) is 0 Å². The Morgan fingerprint density at radius 2 is 1.58 bits per heavy atom. The summed E-state index contributed by atoms with van der Waals surface area (Å²) < 4.78 is 5.51. The van der Waals surface area contributed by atoms with Gasteiger partial charge in [0.2, 0.25) is 11.9 Å². The summed E-state index contributed by atoms with van der Waals surface area (Å²) in [5.41, 5.74) is -0.285. The Labute approximate surface area is 111 Å². The first-order chi connectivity index (χ1) is 9.30.